The molecule has 5 aromatic rings. The molecule has 3 fully saturated rings. The van der Waals surface area contributed by atoms with Crippen LogP contribution in [0.3, 0.4) is 0 Å². The van der Waals surface area contributed by atoms with Crippen LogP contribution in [-0.4, -0.2) is 39.5 Å². The molecule has 0 spiro atoms. The third-order valence-corrected chi connectivity index (χ3v) is 12.7. The molecule has 0 aromatic heterocycles. The number of benzene rings is 5. The number of imide groups is 2. The normalized spacial score (nSPS) is 25.2. The van der Waals surface area contributed by atoms with Crippen LogP contribution in [0.15, 0.2) is 133 Å². The summed E-state index contributed by atoms with van der Waals surface area (Å²) >= 11 is 0. The van der Waals surface area contributed by atoms with E-state index in [0.29, 0.717) is 39.2 Å². The molecule has 57 heavy (non-hydrogen) atoms. The minimum Gasteiger partial charge on any atom is -0.507 e. The number of amides is 4. The maximum absolute atomic E-state index is 15.4. The van der Waals surface area contributed by atoms with Crippen LogP contribution < -0.4 is 10.3 Å². The van der Waals surface area contributed by atoms with Crippen molar-refractivity contribution in [1.29, 1.82) is 0 Å². The Morgan fingerprint density at radius 1 is 0.719 bits per heavy atom. The largest absolute Gasteiger partial charge is 0.507 e. The summed E-state index contributed by atoms with van der Waals surface area (Å²) in [5.41, 5.74) is 8.20. The number of hydrogen-bond donors (Lipinski definition) is 2. The zero-order valence-electron chi connectivity index (χ0n) is 31.8. The van der Waals surface area contributed by atoms with Gasteiger partial charge in [0.15, 0.2) is 5.78 Å². The third kappa shape index (κ3) is 5.47. The molecule has 2 saturated heterocycles. The van der Waals surface area contributed by atoms with E-state index in [1.165, 1.54) is 4.90 Å². The van der Waals surface area contributed by atoms with Crippen LogP contribution in [0.1, 0.15) is 62.5 Å². The fraction of sp³-hybridized carbons (Fsp3) is 0.229. The molecular formula is C48H41N3O6. The van der Waals surface area contributed by atoms with Gasteiger partial charge in [-0.15, -0.1) is 0 Å². The molecule has 4 aliphatic rings. The number of carbonyl (C=O) groups is 5. The van der Waals surface area contributed by atoms with Gasteiger partial charge in [-0.2, -0.15) is 5.01 Å². The second kappa shape index (κ2) is 13.5. The number of aryl methyl sites for hydroxylation is 3. The quantitative estimate of drug-likeness (QED) is 0.0990. The van der Waals surface area contributed by atoms with E-state index in [1.807, 2.05) is 99.6 Å². The number of rotatable bonds is 7. The lowest BCUT2D eigenvalue weighted by Crippen LogP contribution is -2.53. The van der Waals surface area contributed by atoms with Crippen molar-refractivity contribution in [3.63, 3.8) is 0 Å². The van der Waals surface area contributed by atoms with Crippen molar-refractivity contribution in [2.45, 2.75) is 44.9 Å². The standard InChI is InChI=1S/C48H41N3O6/c1-27-14-18-34(19-15-27)49-51-45(55)39-26-38-36(41(32-24-28(2)42(52)29(3)25-32)48(39,47(51)57)33-12-8-5-9-13-33)22-23-37-40(38)46(56)50(44(37)54)35-20-16-31(17-21-35)43(53)30-10-6-4-7-11-30/h4-22,24-25,37-41,49,52H,23,26H2,1-3H3. The van der Waals surface area contributed by atoms with Crippen molar-refractivity contribution in [3.05, 3.63) is 172 Å². The van der Waals surface area contributed by atoms with Crippen LogP contribution in [0.5, 0.6) is 5.75 Å². The molecule has 0 bridgehead atoms. The topological polar surface area (TPSA) is 124 Å². The lowest BCUT2D eigenvalue weighted by molar-refractivity contribution is -0.138. The third-order valence-electron chi connectivity index (χ3n) is 12.7. The van der Waals surface area contributed by atoms with Gasteiger partial charge in [-0.05, 0) is 98.2 Å². The van der Waals surface area contributed by atoms with E-state index in [0.717, 1.165) is 21.7 Å². The molecule has 6 unspecified atom stereocenters. The number of aromatic hydroxyl groups is 1. The molecule has 9 heteroatoms. The highest BCUT2D eigenvalue weighted by atomic mass is 16.3. The maximum Gasteiger partial charge on any atom is 0.260 e. The number of fused-ring (bicyclic) bond motifs is 4. The molecule has 284 valence electrons. The van der Waals surface area contributed by atoms with E-state index in [-0.39, 0.29) is 36.2 Å². The second-order valence-corrected chi connectivity index (χ2v) is 15.8. The van der Waals surface area contributed by atoms with Gasteiger partial charge in [-0.3, -0.25) is 34.3 Å². The molecule has 4 amide bonds. The summed E-state index contributed by atoms with van der Waals surface area (Å²) in [6.07, 6.45) is 2.47. The van der Waals surface area contributed by atoms with Crippen LogP contribution in [0, 0.1) is 44.4 Å². The van der Waals surface area contributed by atoms with E-state index in [4.69, 9.17) is 0 Å². The predicted octanol–water partition coefficient (Wildman–Crippen LogP) is 7.74. The number of phenolic OH excluding ortho intramolecular Hbond substituents is 1. The number of ketones is 1. The highest BCUT2D eigenvalue weighted by Crippen LogP contribution is 2.64. The van der Waals surface area contributed by atoms with Crippen molar-refractivity contribution in [1.82, 2.24) is 5.01 Å². The molecule has 2 N–H and O–H groups in total. The van der Waals surface area contributed by atoms with Gasteiger partial charge >= 0.3 is 0 Å². The molecule has 2 aliphatic heterocycles. The highest BCUT2D eigenvalue weighted by molar-refractivity contribution is 6.23. The first kappa shape index (κ1) is 36.1. The Bertz CT molecular complexity index is 2490. The van der Waals surface area contributed by atoms with Crippen molar-refractivity contribution >= 4 is 40.8 Å². The van der Waals surface area contributed by atoms with Crippen molar-refractivity contribution in [2.24, 2.45) is 23.7 Å². The van der Waals surface area contributed by atoms with Gasteiger partial charge in [0.05, 0.1) is 34.5 Å². The van der Waals surface area contributed by atoms with Gasteiger partial charge in [0.25, 0.3) is 11.8 Å². The predicted molar refractivity (Wildman–Crippen MR) is 215 cm³/mol. The minimum absolute atomic E-state index is 0.147. The molecule has 9 rings (SSSR count). The van der Waals surface area contributed by atoms with E-state index in [2.05, 4.69) is 5.43 Å². The van der Waals surface area contributed by atoms with Crippen molar-refractivity contribution in [3.8, 4) is 5.75 Å². The molecular weight excluding hydrogens is 715 g/mol. The number of nitrogens with zero attached hydrogens (tertiary/aromatic N) is 2. The Kier molecular flexibility index (Phi) is 8.57. The Hall–Kier alpha value is -6.61. The van der Waals surface area contributed by atoms with E-state index in [9.17, 15) is 24.3 Å². The Morgan fingerprint density at radius 3 is 1.98 bits per heavy atom. The van der Waals surface area contributed by atoms with Gasteiger partial charge < -0.3 is 5.11 Å². The molecule has 2 heterocycles. The molecule has 5 aromatic carbocycles. The number of phenols is 1. The lowest BCUT2D eigenvalue weighted by Gasteiger charge is -2.50. The summed E-state index contributed by atoms with van der Waals surface area (Å²) in [5, 5.41) is 12.1. The Morgan fingerprint density at radius 2 is 1.33 bits per heavy atom. The summed E-state index contributed by atoms with van der Waals surface area (Å²) in [6.45, 7) is 5.58. The van der Waals surface area contributed by atoms with Gasteiger partial charge in [0.1, 0.15) is 5.75 Å². The van der Waals surface area contributed by atoms with E-state index in [1.54, 1.807) is 48.5 Å². The molecule has 6 atom stereocenters. The van der Waals surface area contributed by atoms with Crippen LogP contribution in [-0.2, 0) is 24.6 Å². The zero-order valence-corrected chi connectivity index (χ0v) is 31.8. The first-order valence-corrected chi connectivity index (χ1v) is 19.4. The summed E-state index contributed by atoms with van der Waals surface area (Å²) in [6, 6.07) is 36.1. The monoisotopic (exact) mass is 755 g/mol. The molecule has 9 nitrogen and oxygen atoms in total. The van der Waals surface area contributed by atoms with Crippen LogP contribution in [0.25, 0.3) is 0 Å². The van der Waals surface area contributed by atoms with E-state index < -0.39 is 46.8 Å². The number of hydrazine groups is 1. The number of allylic oxidation sites excluding steroid dienone is 2. The number of carbonyl (C=O) groups excluding carboxylic acids is 5. The lowest BCUT2D eigenvalue weighted by atomic mass is 9.49. The van der Waals surface area contributed by atoms with Gasteiger partial charge in [0.2, 0.25) is 11.8 Å². The van der Waals surface area contributed by atoms with Crippen molar-refractivity contribution < 1.29 is 29.1 Å². The average molecular weight is 756 g/mol. The Labute approximate surface area is 330 Å². The maximum atomic E-state index is 15.4. The average Bonchev–Trinajstić information content (AvgIpc) is 3.61. The molecule has 1 saturated carbocycles. The smallest absolute Gasteiger partial charge is 0.260 e. The first-order chi connectivity index (χ1) is 27.5. The minimum atomic E-state index is -1.41. The summed E-state index contributed by atoms with van der Waals surface area (Å²) in [5.74, 6) is -5.11. The zero-order chi connectivity index (χ0) is 39.7. The number of nitrogens with one attached hydrogen (secondary N) is 1. The van der Waals surface area contributed by atoms with Crippen molar-refractivity contribution in [2.75, 3.05) is 10.3 Å². The first-order valence-electron chi connectivity index (χ1n) is 19.4. The SMILES string of the molecule is Cc1ccc(NN2C(=O)C3CC4C(=CCC5C(=O)N(c6ccc(C(=O)c7ccccc7)cc6)C(=O)C54)C(c4cc(C)c(O)c(C)c4)C3(c3ccccc3)C2=O)cc1. The van der Waals surface area contributed by atoms with E-state index >= 15 is 4.79 Å². The number of hydrogen-bond acceptors (Lipinski definition) is 7. The molecule has 0 radical (unpaired) electrons. The van der Waals surface area contributed by atoms with Gasteiger partial charge in [-0.1, -0.05) is 102 Å². The highest BCUT2D eigenvalue weighted by Gasteiger charge is 2.70. The van der Waals surface area contributed by atoms with Crippen LogP contribution in [0.4, 0.5) is 11.4 Å². The van der Waals surface area contributed by atoms with Crippen LogP contribution >= 0.6 is 0 Å². The fourth-order valence-electron chi connectivity index (χ4n) is 10.1. The van der Waals surface area contributed by atoms with Crippen LogP contribution in [0.2, 0.25) is 0 Å². The second-order valence-electron chi connectivity index (χ2n) is 15.8. The fourth-order valence-corrected chi connectivity index (χ4v) is 10.1. The van der Waals surface area contributed by atoms with Gasteiger partial charge in [-0.25, -0.2) is 0 Å². The Balaban J connectivity index is 1.16. The molecule has 2 aliphatic carbocycles. The summed E-state index contributed by atoms with van der Waals surface area (Å²) in [7, 11) is 0. The van der Waals surface area contributed by atoms with Gasteiger partial charge in [0, 0.05) is 17.0 Å². The summed E-state index contributed by atoms with van der Waals surface area (Å²) in [4.78, 5) is 73.8. The summed E-state index contributed by atoms with van der Waals surface area (Å²) < 4.78 is 0. The number of anilines is 2.